The lowest BCUT2D eigenvalue weighted by atomic mass is 10.0. The van der Waals surface area contributed by atoms with E-state index in [4.69, 9.17) is 0 Å². The standard InChI is InChI=1S/C13H16N4O2/c18-11-7-12(19)17(9-11)10-3-1-6-16(8-10)13-14-4-2-5-15-13/h2,4-5,10H,1,3,6-9H2. The Kier molecular flexibility index (Phi) is 3.15. The number of hydrogen-bond donors (Lipinski definition) is 0. The number of likely N-dealkylation sites (tertiary alicyclic amines) is 1. The van der Waals surface area contributed by atoms with Gasteiger partial charge in [0, 0.05) is 31.5 Å². The van der Waals surface area contributed by atoms with Gasteiger partial charge in [0.05, 0.1) is 13.0 Å². The Bertz CT molecular complexity index is 491. The van der Waals surface area contributed by atoms with Crippen molar-refractivity contribution in [3.8, 4) is 0 Å². The van der Waals surface area contributed by atoms with Gasteiger partial charge in [0.15, 0.2) is 5.78 Å². The third kappa shape index (κ3) is 2.43. The number of anilines is 1. The topological polar surface area (TPSA) is 66.4 Å². The van der Waals surface area contributed by atoms with Gasteiger partial charge < -0.3 is 9.80 Å². The smallest absolute Gasteiger partial charge is 0.230 e. The molecule has 0 aromatic carbocycles. The Morgan fingerprint density at radius 1 is 1.21 bits per heavy atom. The van der Waals surface area contributed by atoms with Gasteiger partial charge in [0.25, 0.3) is 0 Å². The predicted molar refractivity (Wildman–Crippen MR) is 68.6 cm³/mol. The average Bonchev–Trinajstić information content (AvgIpc) is 2.79. The molecule has 100 valence electrons. The molecule has 2 saturated heterocycles. The van der Waals surface area contributed by atoms with Crippen molar-refractivity contribution >= 4 is 17.6 Å². The number of aromatic nitrogens is 2. The van der Waals surface area contributed by atoms with Crippen LogP contribution in [0.2, 0.25) is 0 Å². The van der Waals surface area contributed by atoms with Crippen LogP contribution >= 0.6 is 0 Å². The van der Waals surface area contributed by atoms with Crippen molar-refractivity contribution in [2.24, 2.45) is 0 Å². The number of amides is 1. The number of ketones is 1. The molecule has 0 N–H and O–H groups in total. The number of rotatable bonds is 2. The van der Waals surface area contributed by atoms with Crippen molar-refractivity contribution in [3.05, 3.63) is 18.5 Å². The van der Waals surface area contributed by atoms with Crippen LogP contribution in [0, 0.1) is 0 Å². The maximum atomic E-state index is 11.8. The van der Waals surface area contributed by atoms with E-state index in [0.29, 0.717) is 12.5 Å². The molecule has 1 aromatic rings. The monoisotopic (exact) mass is 260 g/mol. The Morgan fingerprint density at radius 3 is 2.68 bits per heavy atom. The van der Waals surface area contributed by atoms with E-state index in [9.17, 15) is 9.59 Å². The maximum Gasteiger partial charge on any atom is 0.230 e. The van der Waals surface area contributed by atoms with Crippen LogP contribution < -0.4 is 4.90 Å². The molecule has 2 aliphatic heterocycles. The summed E-state index contributed by atoms with van der Waals surface area (Å²) < 4.78 is 0. The summed E-state index contributed by atoms with van der Waals surface area (Å²) in [5, 5.41) is 0. The van der Waals surface area contributed by atoms with Gasteiger partial charge in [-0.25, -0.2) is 9.97 Å². The summed E-state index contributed by atoms with van der Waals surface area (Å²) in [6.07, 6.45) is 5.44. The lowest BCUT2D eigenvalue weighted by molar-refractivity contribution is -0.129. The zero-order valence-electron chi connectivity index (χ0n) is 10.7. The Labute approximate surface area is 111 Å². The second kappa shape index (κ2) is 4.95. The molecule has 0 saturated carbocycles. The highest BCUT2D eigenvalue weighted by Gasteiger charge is 2.35. The number of carbonyl (C=O) groups is 2. The van der Waals surface area contributed by atoms with E-state index in [1.807, 2.05) is 0 Å². The minimum Gasteiger partial charge on any atom is -0.339 e. The molecule has 0 spiro atoms. The first-order chi connectivity index (χ1) is 9.24. The molecule has 2 fully saturated rings. The first kappa shape index (κ1) is 12.1. The normalized spacial score (nSPS) is 24.1. The van der Waals surface area contributed by atoms with Gasteiger partial charge in [-0.2, -0.15) is 0 Å². The molecular weight excluding hydrogens is 244 g/mol. The van der Waals surface area contributed by atoms with Crippen LogP contribution in [0.1, 0.15) is 19.3 Å². The summed E-state index contributed by atoms with van der Waals surface area (Å²) in [4.78, 5) is 35.4. The van der Waals surface area contributed by atoms with Crippen molar-refractivity contribution < 1.29 is 9.59 Å². The fourth-order valence-electron chi connectivity index (χ4n) is 2.78. The van der Waals surface area contributed by atoms with Gasteiger partial charge in [-0.05, 0) is 18.9 Å². The second-order valence-electron chi connectivity index (χ2n) is 5.03. The minimum atomic E-state index is -0.0363. The average molecular weight is 260 g/mol. The summed E-state index contributed by atoms with van der Waals surface area (Å²) in [6, 6.07) is 1.89. The SMILES string of the molecule is O=C1CC(=O)N(C2CCCN(c3ncccn3)C2)C1. The molecule has 0 radical (unpaired) electrons. The predicted octanol–water partition coefficient (Wildman–Crippen LogP) is 0.247. The van der Waals surface area contributed by atoms with Gasteiger partial charge in [0.1, 0.15) is 0 Å². The van der Waals surface area contributed by atoms with E-state index in [2.05, 4.69) is 14.9 Å². The molecule has 1 amide bonds. The molecule has 1 atom stereocenters. The van der Waals surface area contributed by atoms with Gasteiger partial charge in [0.2, 0.25) is 11.9 Å². The third-order valence-corrected chi connectivity index (χ3v) is 3.69. The van der Waals surface area contributed by atoms with Crippen LogP contribution in [0.25, 0.3) is 0 Å². The molecule has 6 nitrogen and oxygen atoms in total. The van der Waals surface area contributed by atoms with Gasteiger partial charge in [-0.15, -0.1) is 0 Å². The first-order valence-corrected chi connectivity index (χ1v) is 6.57. The number of Topliss-reactive ketones (excluding diaryl/α,β-unsaturated/α-hetero) is 1. The highest BCUT2D eigenvalue weighted by molar-refractivity contribution is 6.05. The number of piperidine rings is 1. The van der Waals surface area contributed by atoms with E-state index in [-0.39, 0.29) is 30.7 Å². The van der Waals surface area contributed by atoms with Crippen molar-refractivity contribution in [1.82, 2.24) is 14.9 Å². The molecule has 19 heavy (non-hydrogen) atoms. The van der Waals surface area contributed by atoms with E-state index < -0.39 is 0 Å². The maximum absolute atomic E-state index is 11.8. The quantitative estimate of drug-likeness (QED) is 0.713. The molecule has 6 heteroatoms. The largest absolute Gasteiger partial charge is 0.339 e. The van der Waals surface area contributed by atoms with Crippen molar-refractivity contribution in [2.45, 2.75) is 25.3 Å². The van der Waals surface area contributed by atoms with Gasteiger partial charge >= 0.3 is 0 Å². The van der Waals surface area contributed by atoms with Gasteiger partial charge in [-0.1, -0.05) is 0 Å². The third-order valence-electron chi connectivity index (χ3n) is 3.69. The van der Waals surface area contributed by atoms with Crippen LogP contribution in [0.15, 0.2) is 18.5 Å². The lowest BCUT2D eigenvalue weighted by Gasteiger charge is -2.37. The lowest BCUT2D eigenvalue weighted by Crippen LogP contribution is -2.49. The Balaban J connectivity index is 1.72. The molecule has 0 aliphatic carbocycles. The van der Waals surface area contributed by atoms with Crippen molar-refractivity contribution in [1.29, 1.82) is 0 Å². The first-order valence-electron chi connectivity index (χ1n) is 6.57. The number of carbonyl (C=O) groups excluding carboxylic acids is 2. The second-order valence-corrected chi connectivity index (χ2v) is 5.03. The van der Waals surface area contributed by atoms with Crippen LogP contribution in [0.3, 0.4) is 0 Å². The summed E-state index contributed by atoms with van der Waals surface area (Å²) in [7, 11) is 0. The van der Waals surface area contributed by atoms with E-state index >= 15 is 0 Å². The molecule has 1 aromatic heterocycles. The van der Waals surface area contributed by atoms with E-state index in [0.717, 1.165) is 19.4 Å². The van der Waals surface area contributed by atoms with Crippen LogP contribution in [-0.2, 0) is 9.59 Å². The van der Waals surface area contributed by atoms with Crippen LogP contribution in [-0.4, -0.2) is 52.2 Å². The fraction of sp³-hybridized carbons (Fsp3) is 0.538. The molecule has 0 bridgehead atoms. The summed E-state index contributed by atoms with van der Waals surface area (Å²) >= 11 is 0. The molecule has 2 aliphatic rings. The van der Waals surface area contributed by atoms with Crippen LogP contribution in [0.4, 0.5) is 5.95 Å². The minimum absolute atomic E-state index is 0.0260. The summed E-state index contributed by atoms with van der Waals surface area (Å²) in [5.41, 5.74) is 0. The van der Waals surface area contributed by atoms with E-state index in [1.54, 1.807) is 23.4 Å². The Morgan fingerprint density at radius 2 is 2.00 bits per heavy atom. The van der Waals surface area contributed by atoms with E-state index in [1.165, 1.54) is 0 Å². The zero-order chi connectivity index (χ0) is 13.2. The number of nitrogens with zero attached hydrogens (tertiary/aromatic N) is 4. The highest BCUT2D eigenvalue weighted by Crippen LogP contribution is 2.22. The van der Waals surface area contributed by atoms with Crippen molar-refractivity contribution in [3.63, 3.8) is 0 Å². The molecule has 3 rings (SSSR count). The molecular formula is C13H16N4O2. The van der Waals surface area contributed by atoms with Crippen molar-refractivity contribution in [2.75, 3.05) is 24.5 Å². The van der Waals surface area contributed by atoms with Gasteiger partial charge in [-0.3, -0.25) is 9.59 Å². The zero-order valence-corrected chi connectivity index (χ0v) is 10.7. The molecule has 1 unspecified atom stereocenters. The fourth-order valence-corrected chi connectivity index (χ4v) is 2.78. The summed E-state index contributed by atoms with van der Waals surface area (Å²) in [5.74, 6) is 0.689. The highest BCUT2D eigenvalue weighted by atomic mass is 16.2. The van der Waals surface area contributed by atoms with Crippen LogP contribution in [0.5, 0.6) is 0 Å². The molecule has 3 heterocycles. The number of hydrogen-bond acceptors (Lipinski definition) is 5. The summed E-state index contributed by atoms with van der Waals surface area (Å²) in [6.45, 7) is 1.88. The Hall–Kier alpha value is -1.98.